The van der Waals surface area contributed by atoms with E-state index in [1.165, 1.54) is 11.8 Å². The van der Waals surface area contributed by atoms with Gasteiger partial charge in [-0.05, 0) is 11.8 Å². The minimum Gasteiger partial charge on any atom is -0.481 e. The molecule has 6 heteroatoms. The van der Waals surface area contributed by atoms with Crippen LogP contribution in [-0.2, 0) is 4.79 Å². The number of carboxylic acid groups (broad SMARTS) is 1. The summed E-state index contributed by atoms with van der Waals surface area (Å²) in [6.07, 6.45) is 1.10. The Kier molecular flexibility index (Phi) is 3.40. The molecule has 0 spiro atoms. The second kappa shape index (κ2) is 4.57. The van der Waals surface area contributed by atoms with Crippen LogP contribution in [0.4, 0.5) is 0 Å². The molecule has 2 rings (SSSR count). The SMILES string of the molecule is CC(C)c1nnc(SCC(=O)O)n1C1CC1(C)C. The lowest BCUT2D eigenvalue weighted by molar-refractivity contribution is -0.133. The van der Waals surface area contributed by atoms with Gasteiger partial charge in [0.25, 0.3) is 0 Å². The van der Waals surface area contributed by atoms with Gasteiger partial charge in [-0.3, -0.25) is 4.79 Å². The summed E-state index contributed by atoms with van der Waals surface area (Å²) < 4.78 is 2.14. The largest absolute Gasteiger partial charge is 0.481 e. The van der Waals surface area contributed by atoms with Gasteiger partial charge in [-0.2, -0.15) is 0 Å². The third-order valence-corrected chi connectivity index (χ3v) is 4.23. The quantitative estimate of drug-likeness (QED) is 0.832. The molecule has 1 N–H and O–H groups in total. The first kappa shape index (κ1) is 13.4. The number of hydrogen-bond acceptors (Lipinski definition) is 4. The average Bonchev–Trinajstić information content (AvgIpc) is 2.73. The van der Waals surface area contributed by atoms with E-state index >= 15 is 0 Å². The van der Waals surface area contributed by atoms with Crippen molar-refractivity contribution in [3.05, 3.63) is 5.82 Å². The molecule has 0 amide bonds. The lowest BCUT2D eigenvalue weighted by atomic mass is 10.1. The van der Waals surface area contributed by atoms with E-state index in [0.717, 1.165) is 17.4 Å². The van der Waals surface area contributed by atoms with Gasteiger partial charge in [0.2, 0.25) is 0 Å². The van der Waals surface area contributed by atoms with E-state index in [4.69, 9.17) is 5.11 Å². The number of nitrogens with zero attached hydrogens (tertiary/aromatic N) is 3. The summed E-state index contributed by atoms with van der Waals surface area (Å²) in [5, 5.41) is 17.9. The molecule has 1 saturated carbocycles. The van der Waals surface area contributed by atoms with Gasteiger partial charge in [-0.25, -0.2) is 0 Å². The van der Waals surface area contributed by atoms with Crippen molar-refractivity contribution in [2.45, 2.75) is 51.2 Å². The van der Waals surface area contributed by atoms with Crippen molar-refractivity contribution in [2.75, 3.05) is 5.75 Å². The lowest BCUT2D eigenvalue weighted by Crippen LogP contribution is -2.09. The molecule has 1 aromatic rings. The first-order chi connectivity index (χ1) is 8.33. The van der Waals surface area contributed by atoms with Crippen molar-refractivity contribution in [3.8, 4) is 0 Å². The Morgan fingerprint density at radius 2 is 2.17 bits per heavy atom. The third-order valence-electron chi connectivity index (χ3n) is 3.31. The topological polar surface area (TPSA) is 68.0 Å². The van der Waals surface area contributed by atoms with Gasteiger partial charge in [0.1, 0.15) is 5.82 Å². The van der Waals surface area contributed by atoms with Gasteiger partial charge in [0.05, 0.1) is 5.75 Å². The monoisotopic (exact) mass is 269 g/mol. The molecule has 1 fully saturated rings. The molecule has 1 atom stereocenters. The Labute approximate surface area is 111 Å². The van der Waals surface area contributed by atoms with Gasteiger partial charge >= 0.3 is 5.97 Å². The summed E-state index contributed by atoms with van der Waals surface area (Å²) in [7, 11) is 0. The number of thioether (sulfide) groups is 1. The zero-order chi connectivity index (χ0) is 13.5. The molecule has 1 aliphatic rings. The van der Waals surface area contributed by atoms with Crippen LogP contribution in [0.3, 0.4) is 0 Å². The number of hydrogen-bond donors (Lipinski definition) is 1. The highest BCUT2D eigenvalue weighted by Crippen LogP contribution is 2.57. The van der Waals surface area contributed by atoms with E-state index in [0.29, 0.717) is 12.0 Å². The van der Waals surface area contributed by atoms with Gasteiger partial charge in [-0.15, -0.1) is 10.2 Å². The van der Waals surface area contributed by atoms with Crippen LogP contribution in [0.1, 0.15) is 51.9 Å². The normalized spacial score (nSPS) is 21.3. The van der Waals surface area contributed by atoms with Crippen molar-refractivity contribution in [2.24, 2.45) is 5.41 Å². The highest BCUT2D eigenvalue weighted by atomic mass is 32.2. The van der Waals surface area contributed by atoms with Crippen molar-refractivity contribution < 1.29 is 9.90 Å². The second-order valence-electron chi connectivity index (χ2n) is 5.76. The number of carboxylic acids is 1. The van der Waals surface area contributed by atoms with Gasteiger partial charge in [-0.1, -0.05) is 39.5 Å². The maximum atomic E-state index is 10.7. The number of aliphatic carboxylic acids is 1. The van der Waals surface area contributed by atoms with Gasteiger partial charge in [0.15, 0.2) is 5.16 Å². The van der Waals surface area contributed by atoms with Crippen LogP contribution >= 0.6 is 11.8 Å². The smallest absolute Gasteiger partial charge is 0.313 e. The van der Waals surface area contributed by atoms with Crippen molar-refractivity contribution in [3.63, 3.8) is 0 Å². The van der Waals surface area contributed by atoms with Crippen LogP contribution in [-0.4, -0.2) is 31.6 Å². The zero-order valence-corrected chi connectivity index (χ0v) is 12.0. The van der Waals surface area contributed by atoms with Crippen molar-refractivity contribution in [1.82, 2.24) is 14.8 Å². The molecule has 0 saturated heterocycles. The van der Waals surface area contributed by atoms with Crippen LogP contribution in [0.25, 0.3) is 0 Å². The standard InChI is InChI=1S/C12H19N3O2S/c1-7(2)10-13-14-11(18-6-9(16)17)15(10)8-5-12(8,3)4/h7-8H,5-6H2,1-4H3,(H,16,17). The molecule has 1 unspecified atom stereocenters. The molecule has 0 radical (unpaired) electrons. The zero-order valence-electron chi connectivity index (χ0n) is 11.2. The predicted molar refractivity (Wildman–Crippen MR) is 69.9 cm³/mol. The number of rotatable bonds is 5. The summed E-state index contributed by atoms with van der Waals surface area (Å²) in [6, 6.07) is 0.404. The highest BCUT2D eigenvalue weighted by Gasteiger charge is 2.49. The Morgan fingerprint density at radius 1 is 1.56 bits per heavy atom. The van der Waals surface area contributed by atoms with Crippen LogP contribution in [0.15, 0.2) is 5.16 Å². The van der Waals surface area contributed by atoms with Gasteiger partial charge in [0, 0.05) is 12.0 Å². The fourth-order valence-electron chi connectivity index (χ4n) is 2.08. The first-order valence-electron chi connectivity index (χ1n) is 6.12. The second-order valence-corrected chi connectivity index (χ2v) is 6.70. The summed E-state index contributed by atoms with van der Waals surface area (Å²) in [5.74, 6) is 0.464. The predicted octanol–water partition coefficient (Wildman–Crippen LogP) is 2.55. The summed E-state index contributed by atoms with van der Waals surface area (Å²) in [5.41, 5.74) is 0.268. The fourth-order valence-corrected chi connectivity index (χ4v) is 2.79. The molecule has 100 valence electrons. The van der Waals surface area contributed by atoms with Crippen LogP contribution in [0, 0.1) is 5.41 Å². The van der Waals surface area contributed by atoms with Gasteiger partial charge < -0.3 is 9.67 Å². The van der Waals surface area contributed by atoms with Crippen molar-refractivity contribution in [1.29, 1.82) is 0 Å². The Bertz CT molecular complexity index is 468. The first-order valence-corrected chi connectivity index (χ1v) is 7.11. The van der Waals surface area contributed by atoms with E-state index in [1.54, 1.807) is 0 Å². The third kappa shape index (κ3) is 2.53. The van der Waals surface area contributed by atoms with E-state index in [-0.39, 0.29) is 11.2 Å². The molecule has 1 aliphatic carbocycles. The maximum absolute atomic E-state index is 10.7. The summed E-state index contributed by atoms with van der Waals surface area (Å²) in [4.78, 5) is 10.7. The molecule has 0 bridgehead atoms. The van der Waals surface area contributed by atoms with E-state index in [2.05, 4.69) is 42.5 Å². The Hall–Kier alpha value is -1.04. The highest BCUT2D eigenvalue weighted by molar-refractivity contribution is 7.99. The minimum absolute atomic E-state index is 0.0311. The van der Waals surface area contributed by atoms with E-state index in [1.807, 2.05) is 0 Å². The molecule has 0 aliphatic heterocycles. The number of carbonyl (C=O) groups is 1. The maximum Gasteiger partial charge on any atom is 0.313 e. The average molecular weight is 269 g/mol. The molecular weight excluding hydrogens is 250 g/mol. The molecule has 5 nitrogen and oxygen atoms in total. The molecular formula is C12H19N3O2S. The van der Waals surface area contributed by atoms with E-state index in [9.17, 15) is 4.79 Å². The molecule has 1 aromatic heterocycles. The number of aromatic nitrogens is 3. The molecule has 1 heterocycles. The van der Waals surface area contributed by atoms with Crippen molar-refractivity contribution >= 4 is 17.7 Å². The van der Waals surface area contributed by atoms with Crippen LogP contribution in [0.5, 0.6) is 0 Å². The lowest BCUT2D eigenvalue weighted by Gasteiger charge is -2.13. The summed E-state index contributed by atoms with van der Waals surface area (Å²) >= 11 is 1.25. The van der Waals surface area contributed by atoms with E-state index < -0.39 is 5.97 Å². The minimum atomic E-state index is -0.823. The Balaban J connectivity index is 2.27. The Morgan fingerprint density at radius 3 is 2.61 bits per heavy atom. The molecule has 18 heavy (non-hydrogen) atoms. The van der Waals surface area contributed by atoms with Crippen LogP contribution in [0.2, 0.25) is 0 Å². The molecule has 0 aromatic carbocycles. The summed E-state index contributed by atoms with van der Waals surface area (Å²) in [6.45, 7) is 8.60. The fraction of sp³-hybridized carbons (Fsp3) is 0.750. The van der Waals surface area contributed by atoms with Crippen LogP contribution < -0.4 is 0 Å².